The quantitative estimate of drug-likeness (QED) is 0.629. The SMILES string of the molecule is O=C(c1ccccc1)c1noc(C(F)(F)C(F)(F)C(F)(F)F)n1. The molecule has 0 saturated heterocycles. The number of carbonyl (C=O) groups is 1. The minimum absolute atomic E-state index is 0.0919. The van der Waals surface area contributed by atoms with Crippen molar-refractivity contribution in [2.24, 2.45) is 0 Å². The average molecular weight is 342 g/mol. The van der Waals surface area contributed by atoms with Crippen molar-refractivity contribution in [1.82, 2.24) is 10.1 Å². The van der Waals surface area contributed by atoms with Crippen LogP contribution in [0.4, 0.5) is 30.7 Å². The molecule has 4 nitrogen and oxygen atoms in total. The van der Waals surface area contributed by atoms with Crippen LogP contribution in [0, 0.1) is 0 Å². The van der Waals surface area contributed by atoms with E-state index in [1.807, 2.05) is 0 Å². The van der Waals surface area contributed by atoms with Gasteiger partial charge in [0.05, 0.1) is 0 Å². The molecule has 23 heavy (non-hydrogen) atoms. The molecule has 1 aromatic heterocycles. The highest BCUT2D eigenvalue weighted by atomic mass is 19.4. The lowest BCUT2D eigenvalue weighted by atomic mass is 10.1. The Morgan fingerprint density at radius 3 is 2.04 bits per heavy atom. The highest BCUT2D eigenvalue weighted by Crippen LogP contribution is 2.51. The zero-order valence-corrected chi connectivity index (χ0v) is 10.7. The first-order valence-electron chi connectivity index (χ1n) is 5.75. The van der Waals surface area contributed by atoms with Gasteiger partial charge < -0.3 is 4.52 Å². The maximum absolute atomic E-state index is 13.3. The summed E-state index contributed by atoms with van der Waals surface area (Å²) in [5, 5.41) is 2.74. The van der Waals surface area contributed by atoms with Gasteiger partial charge in [-0.15, -0.1) is 0 Å². The van der Waals surface area contributed by atoms with Gasteiger partial charge in [-0.3, -0.25) is 4.79 Å². The number of aromatic nitrogens is 2. The molecule has 0 atom stereocenters. The topological polar surface area (TPSA) is 56.0 Å². The Hall–Kier alpha value is -2.46. The lowest BCUT2D eigenvalue weighted by Crippen LogP contribution is -2.50. The molecule has 0 fully saturated rings. The predicted molar refractivity (Wildman–Crippen MR) is 59.1 cm³/mol. The molecular weight excluding hydrogens is 337 g/mol. The maximum atomic E-state index is 13.3. The van der Waals surface area contributed by atoms with Crippen molar-refractivity contribution < 1.29 is 40.1 Å². The summed E-state index contributed by atoms with van der Waals surface area (Å²) in [6, 6.07) is 6.80. The summed E-state index contributed by atoms with van der Waals surface area (Å²) >= 11 is 0. The fourth-order valence-electron chi connectivity index (χ4n) is 1.47. The Morgan fingerprint density at radius 2 is 1.52 bits per heavy atom. The summed E-state index contributed by atoms with van der Waals surface area (Å²) in [6.07, 6.45) is -6.55. The number of benzene rings is 1. The van der Waals surface area contributed by atoms with Gasteiger partial charge in [0.25, 0.3) is 0 Å². The third-order valence-corrected chi connectivity index (χ3v) is 2.68. The number of hydrogen-bond acceptors (Lipinski definition) is 4. The second-order valence-electron chi connectivity index (χ2n) is 4.26. The van der Waals surface area contributed by atoms with Gasteiger partial charge in [-0.05, 0) is 0 Å². The molecule has 0 aliphatic rings. The van der Waals surface area contributed by atoms with E-state index < -0.39 is 35.5 Å². The predicted octanol–water partition coefficient (Wildman–Crippen LogP) is 3.59. The van der Waals surface area contributed by atoms with E-state index >= 15 is 0 Å². The van der Waals surface area contributed by atoms with E-state index in [4.69, 9.17) is 0 Å². The first kappa shape index (κ1) is 16.9. The summed E-state index contributed by atoms with van der Waals surface area (Å²) in [7, 11) is 0. The Bertz CT molecular complexity index is 710. The maximum Gasteiger partial charge on any atom is 0.460 e. The van der Waals surface area contributed by atoms with Gasteiger partial charge in [0.15, 0.2) is 0 Å². The molecule has 0 bridgehead atoms. The van der Waals surface area contributed by atoms with Gasteiger partial charge in [-0.25, -0.2) is 0 Å². The second kappa shape index (κ2) is 5.32. The fraction of sp³-hybridized carbons (Fsp3) is 0.250. The first-order valence-corrected chi connectivity index (χ1v) is 5.75. The zero-order chi connectivity index (χ0) is 17.5. The van der Waals surface area contributed by atoms with Crippen molar-refractivity contribution in [1.29, 1.82) is 0 Å². The normalized spacial score (nSPS) is 13.2. The molecule has 124 valence electrons. The number of carbonyl (C=O) groups excluding carboxylic acids is 1. The van der Waals surface area contributed by atoms with Crippen molar-refractivity contribution in [3.05, 3.63) is 47.6 Å². The molecule has 0 amide bonds. The zero-order valence-electron chi connectivity index (χ0n) is 10.7. The molecule has 0 N–H and O–H groups in total. The van der Waals surface area contributed by atoms with Crippen LogP contribution in [0.3, 0.4) is 0 Å². The van der Waals surface area contributed by atoms with Crippen molar-refractivity contribution >= 4 is 5.78 Å². The minimum Gasteiger partial charge on any atom is -0.332 e. The monoisotopic (exact) mass is 342 g/mol. The van der Waals surface area contributed by atoms with Crippen molar-refractivity contribution in [3.63, 3.8) is 0 Å². The molecule has 0 unspecified atom stereocenters. The summed E-state index contributed by atoms with van der Waals surface area (Å²) in [5.41, 5.74) is -0.0919. The lowest BCUT2D eigenvalue weighted by molar-refractivity contribution is -0.364. The van der Waals surface area contributed by atoms with E-state index in [1.54, 1.807) is 0 Å². The van der Waals surface area contributed by atoms with E-state index in [0.29, 0.717) is 0 Å². The van der Waals surface area contributed by atoms with E-state index in [-0.39, 0.29) is 5.56 Å². The molecule has 11 heteroatoms. The van der Waals surface area contributed by atoms with Crippen LogP contribution in [0.1, 0.15) is 22.1 Å². The van der Waals surface area contributed by atoms with Gasteiger partial charge >= 0.3 is 23.9 Å². The molecule has 0 aliphatic heterocycles. The van der Waals surface area contributed by atoms with E-state index in [1.165, 1.54) is 30.3 Å². The number of alkyl halides is 7. The molecule has 1 aromatic carbocycles. The number of hydrogen-bond donors (Lipinski definition) is 0. The summed E-state index contributed by atoms with van der Waals surface area (Å²) in [6.45, 7) is 0. The van der Waals surface area contributed by atoms with Gasteiger partial charge in [-0.1, -0.05) is 35.5 Å². The first-order chi connectivity index (χ1) is 10.5. The highest BCUT2D eigenvalue weighted by Gasteiger charge is 2.76. The Morgan fingerprint density at radius 1 is 0.957 bits per heavy atom. The summed E-state index contributed by atoms with van der Waals surface area (Å²) in [5.74, 6) is -16.7. The second-order valence-corrected chi connectivity index (χ2v) is 4.26. The standard InChI is InChI=1S/C12H5F7N2O2/c13-10(14,11(15,16)12(17,18)19)9-20-8(21-23-9)7(22)6-4-2-1-3-5-6/h1-5H. The molecule has 1 heterocycles. The van der Waals surface area contributed by atoms with Gasteiger partial charge in [-0.2, -0.15) is 35.7 Å². The average Bonchev–Trinajstić information content (AvgIpc) is 2.96. The largest absolute Gasteiger partial charge is 0.460 e. The van der Waals surface area contributed by atoms with Crippen LogP contribution in [0.15, 0.2) is 34.9 Å². The molecule has 2 aromatic rings. The van der Waals surface area contributed by atoms with Gasteiger partial charge in [0.1, 0.15) is 0 Å². The van der Waals surface area contributed by atoms with Crippen molar-refractivity contribution in [3.8, 4) is 0 Å². The smallest absolute Gasteiger partial charge is 0.332 e. The lowest BCUT2D eigenvalue weighted by Gasteiger charge is -2.25. The van der Waals surface area contributed by atoms with E-state index in [0.717, 1.165) is 0 Å². The third-order valence-electron chi connectivity index (χ3n) is 2.68. The summed E-state index contributed by atoms with van der Waals surface area (Å²) < 4.78 is 92.3. The number of nitrogens with zero attached hydrogens (tertiary/aromatic N) is 2. The highest BCUT2D eigenvalue weighted by molar-refractivity contribution is 6.06. The van der Waals surface area contributed by atoms with E-state index in [9.17, 15) is 35.5 Å². The van der Waals surface area contributed by atoms with E-state index in [2.05, 4.69) is 14.7 Å². The Labute approximate surface area is 122 Å². The molecule has 0 saturated carbocycles. The van der Waals surface area contributed by atoms with Crippen LogP contribution >= 0.6 is 0 Å². The number of rotatable bonds is 4. The van der Waals surface area contributed by atoms with Crippen LogP contribution in [0.5, 0.6) is 0 Å². The van der Waals surface area contributed by atoms with Gasteiger partial charge in [0.2, 0.25) is 11.6 Å². The third kappa shape index (κ3) is 2.78. The molecule has 0 radical (unpaired) electrons. The number of halogens is 7. The minimum atomic E-state index is -6.55. The molecular formula is C12H5F7N2O2. The van der Waals surface area contributed by atoms with Crippen molar-refractivity contribution in [2.75, 3.05) is 0 Å². The molecule has 2 rings (SSSR count). The molecule has 0 spiro atoms. The summed E-state index contributed by atoms with van der Waals surface area (Å²) in [4.78, 5) is 14.5. The fourth-order valence-corrected chi connectivity index (χ4v) is 1.47. The van der Waals surface area contributed by atoms with Crippen molar-refractivity contribution in [2.45, 2.75) is 18.0 Å². The number of ketones is 1. The van der Waals surface area contributed by atoms with Crippen LogP contribution in [0.25, 0.3) is 0 Å². The Balaban J connectivity index is 2.37. The van der Waals surface area contributed by atoms with Crippen LogP contribution in [-0.4, -0.2) is 28.0 Å². The van der Waals surface area contributed by atoms with Crippen LogP contribution in [0.2, 0.25) is 0 Å². The van der Waals surface area contributed by atoms with Crippen LogP contribution in [-0.2, 0) is 5.92 Å². The van der Waals surface area contributed by atoms with Crippen LogP contribution < -0.4 is 0 Å². The Kier molecular flexibility index (Phi) is 3.91. The molecule has 0 aliphatic carbocycles. The van der Waals surface area contributed by atoms with Gasteiger partial charge in [0, 0.05) is 5.56 Å².